The lowest BCUT2D eigenvalue weighted by atomic mass is 9.89. The van der Waals surface area contributed by atoms with Crippen molar-refractivity contribution in [3.63, 3.8) is 0 Å². The van der Waals surface area contributed by atoms with E-state index in [0.29, 0.717) is 36.2 Å². The molecule has 0 radical (unpaired) electrons. The fourth-order valence-corrected chi connectivity index (χ4v) is 3.40. The number of alkyl halides is 3. The van der Waals surface area contributed by atoms with E-state index in [0.717, 1.165) is 23.3 Å². The maximum Gasteiger partial charge on any atom is 0.416 e. The smallest absolute Gasteiger partial charge is 0.416 e. The Labute approximate surface area is 167 Å². The van der Waals surface area contributed by atoms with Crippen molar-refractivity contribution >= 4 is 6.09 Å². The van der Waals surface area contributed by atoms with Crippen LogP contribution in [0.4, 0.5) is 18.0 Å². The van der Waals surface area contributed by atoms with E-state index in [9.17, 15) is 23.1 Å². The topological polar surface area (TPSA) is 49.8 Å². The molecule has 0 fully saturated rings. The third-order valence-electron chi connectivity index (χ3n) is 4.76. The average molecular weight is 407 g/mol. The van der Waals surface area contributed by atoms with Crippen molar-refractivity contribution in [2.45, 2.75) is 52.1 Å². The quantitative estimate of drug-likeness (QED) is 0.748. The molecule has 156 valence electrons. The second-order valence-corrected chi connectivity index (χ2v) is 8.17. The van der Waals surface area contributed by atoms with Gasteiger partial charge in [0.05, 0.1) is 12.2 Å². The molecule has 29 heavy (non-hydrogen) atoms. The number of amides is 1. The molecule has 4 nitrogen and oxygen atoms in total. The van der Waals surface area contributed by atoms with Gasteiger partial charge in [-0.25, -0.2) is 4.79 Å². The zero-order chi connectivity index (χ0) is 21.4. The number of aliphatic hydroxyl groups excluding tert-OH is 1. The third-order valence-corrected chi connectivity index (χ3v) is 4.76. The minimum absolute atomic E-state index is 0.170. The fraction of sp³-hybridized carbons (Fsp3) is 0.409. The molecular weight excluding hydrogens is 383 g/mol. The molecule has 7 heteroatoms. The van der Waals surface area contributed by atoms with E-state index >= 15 is 0 Å². The van der Waals surface area contributed by atoms with Gasteiger partial charge in [0.15, 0.2) is 0 Å². The third kappa shape index (κ3) is 4.90. The highest BCUT2D eigenvalue weighted by Gasteiger charge is 2.31. The van der Waals surface area contributed by atoms with Crippen LogP contribution in [0.3, 0.4) is 0 Å². The van der Waals surface area contributed by atoms with Crippen LogP contribution in [0.25, 0.3) is 11.1 Å². The number of benzene rings is 2. The Morgan fingerprint density at radius 1 is 1.14 bits per heavy atom. The summed E-state index contributed by atoms with van der Waals surface area (Å²) >= 11 is 0. The summed E-state index contributed by atoms with van der Waals surface area (Å²) in [5.74, 6) is 0. The predicted octanol–water partition coefficient (Wildman–Crippen LogP) is 5.16. The number of halogens is 3. The first kappa shape index (κ1) is 21.2. The van der Waals surface area contributed by atoms with Crippen molar-refractivity contribution < 1.29 is 27.8 Å². The van der Waals surface area contributed by atoms with Gasteiger partial charge in [0.1, 0.15) is 5.60 Å². The van der Waals surface area contributed by atoms with Crippen LogP contribution in [0.1, 0.15) is 43.0 Å². The normalized spacial score (nSPS) is 14.5. The highest BCUT2D eigenvalue weighted by Crippen LogP contribution is 2.35. The number of hydrogen-bond acceptors (Lipinski definition) is 3. The molecule has 2 aromatic rings. The van der Waals surface area contributed by atoms with Crippen LogP contribution in [-0.2, 0) is 30.5 Å². The van der Waals surface area contributed by atoms with E-state index < -0.39 is 23.4 Å². The van der Waals surface area contributed by atoms with Crippen LogP contribution in [0.5, 0.6) is 0 Å². The zero-order valence-corrected chi connectivity index (χ0v) is 16.6. The predicted molar refractivity (Wildman–Crippen MR) is 103 cm³/mol. The number of carbonyl (C=O) groups is 1. The summed E-state index contributed by atoms with van der Waals surface area (Å²) < 4.78 is 44.2. The summed E-state index contributed by atoms with van der Waals surface area (Å²) in [6.45, 7) is 5.99. The number of ether oxygens (including phenoxy) is 1. The van der Waals surface area contributed by atoms with Gasteiger partial charge in [0.25, 0.3) is 0 Å². The molecule has 0 unspecified atom stereocenters. The minimum Gasteiger partial charge on any atom is -0.444 e. The van der Waals surface area contributed by atoms with Crippen LogP contribution in [-0.4, -0.2) is 28.2 Å². The van der Waals surface area contributed by atoms with E-state index in [1.807, 2.05) is 6.07 Å². The highest BCUT2D eigenvalue weighted by atomic mass is 19.4. The van der Waals surface area contributed by atoms with Crippen LogP contribution >= 0.6 is 0 Å². The van der Waals surface area contributed by atoms with Crippen molar-refractivity contribution in [1.82, 2.24) is 4.90 Å². The average Bonchev–Trinajstić information content (AvgIpc) is 2.64. The number of rotatable bonds is 2. The number of aliphatic hydroxyl groups is 1. The van der Waals surface area contributed by atoms with Crippen LogP contribution < -0.4 is 0 Å². The molecule has 0 atom stereocenters. The van der Waals surface area contributed by atoms with E-state index in [1.165, 1.54) is 12.1 Å². The molecule has 0 saturated carbocycles. The fourth-order valence-electron chi connectivity index (χ4n) is 3.40. The number of hydrogen-bond donors (Lipinski definition) is 1. The van der Waals surface area contributed by atoms with Gasteiger partial charge in [-0.15, -0.1) is 0 Å². The molecule has 0 spiro atoms. The first-order valence-electron chi connectivity index (χ1n) is 9.39. The lowest BCUT2D eigenvalue weighted by molar-refractivity contribution is -0.137. The summed E-state index contributed by atoms with van der Waals surface area (Å²) in [5, 5.41) is 9.60. The monoisotopic (exact) mass is 407 g/mol. The summed E-state index contributed by atoms with van der Waals surface area (Å²) in [6.07, 6.45) is -4.25. The van der Waals surface area contributed by atoms with Gasteiger partial charge < -0.3 is 14.7 Å². The maximum absolute atomic E-state index is 12.9. The first-order chi connectivity index (χ1) is 13.5. The van der Waals surface area contributed by atoms with Crippen molar-refractivity contribution in [2.24, 2.45) is 0 Å². The molecule has 3 rings (SSSR count). The Morgan fingerprint density at radius 2 is 1.79 bits per heavy atom. The molecule has 1 N–H and O–H groups in total. The summed E-state index contributed by atoms with van der Waals surface area (Å²) in [7, 11) is 0. The molecule has 1 aliphatic rings. The van der Waals surface area contributed by atoms with Gasteiger partial charge in [0, 0.05) is 13.1 Å². The van der Waals surface area contributed by atoms with Gasteiger partial charge in [-0.1, -0.05) is 18.2 Å². The van der Waals surface area contributed by atoms with Crippen LogP contribution in [0.15, 0.2) is 36.4 Å². The molecule has 2 aromatic carbocycles. The molecule has 0 saturated heterocycles. The zero-order valence-electron chi connectivity index (χ0n) is 16.6. The van der Waals surface area contributed by atoms with E-state index in [4.69, 9.17) is 4.74 Å². The molecule has 0 bridgehead atoms. The van der Waals surface area contributed by atoms with Gasteiger partial charge in [-0.05, 0) is 73.2 Å². The second kappa shape index (κ2) is 7.71. The van der Waals surface area contributed by atoms with Gasteiger partial charge >= 0.3 is 12.3 Å². The maximum atomic E-state index is 12.9. The molecular formula is C22H24F3NO3. The van der Waals surface area contributed by atoms with Gasteiger partial charge in [-0.2, -0.15) is 13.2 Å². The van der Waals surface area contributed by atoms with Crippen molar-refractivity contribution in [3.8, 4) is 11.1 Å². The van der Waals surface area contributed by atoms with Crippen LogP contribution in [0.2, 0.25) is 0 Å². The molecule has 0 aliphatic carbocycles. The van der Waals surface area contributed by atoms with Crippen molar-refractivity contribution in [1.29, 1.82) is 0 Å². The van der Waals surface area contributed by atoms with Gasteiger partial charge in [0.2, 0.25) is 0 Å². The number of carbonyl (C=O) groups excluding carboxylic acids is 1. The molecule has 1 amide bonds. The SMILES string of the molecule is CC(C)(C)OC(=O)N1CCc2cc(CO)cc(-c3ccc(C(F)(F)F)cc3)c2C1. The largest absolute Gasteiger partial charge is 0.444 e. The highest BCUT2D eigenvalue weighted by molar-refractivity contribution is 5.73. The number of fused-ring (bicyclic) bond motifs is 1. The lowest BCUT2D eigenvalue weighted by Gasteiger charge is -2.32. The van der Waals surface area contributed by atoms with Crippen molar-refractivity contribution in [3.05, 3.63) is 58.7 Å². The first-order valence-corrected chi connectivity index (χ1v) is 9.39. The Morgan fingerprint density at radius 3 is 2.34 bits per heavy atom. The molecule has 1 heterocycles. The lowest BCUT2D eigenvalue weighted by Crippen LogP contribution is -2.40. The standard InChI is InChI=1S/C22H24F3NO3/c1-21(2,3)29-20(28)26-9-8-16-10-14(13-27)11-18(19(16)12-26)15-4-6-17(7-5-15)22(23,24)25/h4-7,10-11,27H,8-9,12-13H2,1-3H3. The van der Waals surface area contributed by atoms with E-state index in [1.54, 1.807) is 31.7 Å². The second-order valence-electron chi connectivity index (χ2n) is 8.17. The minimum atomic E-state index is -4.40. The summed E-state index contributed by atoms with van der Waals surface area (Å²) in [6, 6.07) is 8.58. The van der Waals surface area contributed by atoms with Crippen molar-refractivity contribution in [2.75, 3.05) is 6.54 Å². The summed E-state index contributed by atoms with van der Waals surface area (Å²) in [4.78, 5) is 14.1. The van der Waals surface area contributed by atoms with Gasteiger partial charge in [-0.3, -0.25) is 0 Å². The molecule has 0 aromatic heterocycles. The van der Waals surface area contributed by atoms with E-state index in [-0.39, 0.29) is 6.61 Å². The van der Waals surface area contributed by atoms with E-state index in [2.05, 4.69) is 0 Å². The Bertz CT molecular complexity index is 899. The Hall–Kier alpha value is -2.54. The number of nitrogens with zero attached hydrogens (tertiary/aromatic N) is 1. The summed E-state index contributed by atoms with van der Waals surface area (Å²) in [5.41, 5.74) is 2.51. The van der Waals surface area contributed by atoms with Crippen LogP contribution in [0, 0.1) is 0 Å². The Balaban J connectivity index is 1.98. The Kier molecular flexibility index (Phi) is 5.63. The molecule has 1 aliphatic heterocycles.